The van der Waals surface area contributed by atoms with E-state index in [0.717, 1.165) is 36.2 Å². The zero-order valence-corrected chi connectivity index (χ0v) is 13.3. The van der Waals surface area contributed by atoms with Crippen molar-refractivity contribution in [3.8, 4) is 0 Å². The molecule has 0 saturated carbocycles. The Hall–Kier alpha value is -0.910. The van der Waals surface area contributed by atoms with Crippen LogP contribution in [0.15, 0.2) is 28.7 Å². The third-order valence-corrected chi connectivity index (χ3v) is 4.28. The van der Waals surface area contributed by atoms with Crippen LogP contribution in [-0.4, -0.2) is 31.7 Å². The first-order valence-electron chi connectivity index (χ1n) is 7.07. The van der Waals surface area contributed by atoms with Gasteiger partial charge in [-0.1, -0.05) is 19.1 Å². The van der Waals surface area contributed by atoms with E-state index < -0.39 is 0 Å². The quantitative estimate of drug-likeness (QED) is 0.837. The molecule has 0 bridgehead atoms. The van der Waals surface area contributed by atoms with Crippen LogP contribution >= 0.6 is 15.9 Å². The number of carbonyl (C=O) groups is 1. The number of para-hydroxylation sites is 1. The molecular weight excluding hydrogens is 320 g/mol. The molecule has 1 amide bonds. The molecule has 2 rings (SSSR count). The van der Waals surface area contributed by atoms with Crippen molar-refractivity contribution in [2.75, 3.05) is 25.0 Å². The standard InChI is InChI=1S/C15H21BrN2O2/c1-2-14-11(7-8-20-14)9-17-10-15(19)18-13-6-4-3-5-12(13)16/h3-6,11,14,17H,2,7-10H2,1H3,(H,18,19). The average molecular weight is 341 g/mol. The van der Waals surface area contributed by atoms with E-state index >= 15 is 0 Å². The third-order valence-electron chi connectivity index (χ3n) is 3.59. The fourth-order valence-electron chi connectivity index (χ4n) is 2.51. The van der Waals surface area contributed by atoms with Crippen LogP contribution in [0.2, 0.25) is 0 Å². The molecule has 1 heterocycles. The minimum atomic E-state index is -0.0242. The molecule has 1 aliphatic heterocycles. The van der Waals surface area contributed by atoms with Gasteiger partial charge in [-0.05, 0) is 46.8 Å². The first-order chi connectivity index (χ1) is 9.70. The fourth-order valence-corrected chi connectivity index (χ4v) is 2.89. The first-order valence-corrected chi connectivity index (χ1v) is 7.86. The maximum absolute atomic E-state index is 11.9. The lowest BCUT2D eigenvalue weighted by Gasteiger charge is -2.17. The minimum absolute atomic E-state index is 0.0242. The number of nitrogens with one attached hydrogen (secondary N) is 2. The van der Waals surface area contributed by atoms with Gasteiger partial charge in [0.25, 0.3) is 0 Å². The molecule has 0 aliphatic carbocycles. The summed E-state index contributed by atoms with van der Waals surface area (Å²) < 4.78 is 6.53. The summed E-state index contributed by atoms with van der Waals surface area (Å²) in [4.78, 5) is 11.9. The van der Waals surface area contributed by atoms with Crippen LogP contribution in [0, 0.1) is 5.92 Å². The number of ether oxygens (including phenoxy) is 1. The van der Waals surface area contributed by atoms with Crippen molar-refractivity contribution in [1.82, 2.24) is 5.32 Å². The summed E-state index contributed by atoms with van der Waals surface area (Å²) in [5.74, 6) is 0.500. The second-order valence-corrected chi connectivity index (χ2v) is 5.88. The molecule has 0 radical (unpaired) electrons. The van der Waals surface area contributed by atoms with E-state index in [2.05, 4.69) is 33.5 Å². The lowest BCUT2D eigenvalue weighted by atomic mass is 10.00. The molecule has 1 saturated heterocycles. The van der Waals surface area contributed by atoms with Gasteiger partial charge in [-0.25, -0.2) is 0 Å². The van der Waals surface area contributed by atoms with Gasteiger partial charge in [-0.2, -0.15) is 0 Å². The Bertz CT molecular complexity index is 453. The van der Waals surface area contributed by atoms with Gasteiger partial charge in [-0.3, -0.25) is 4.79 Å². The first kappa shape index (κ1) is 15.5. The van der Waals surface area contributed by atoms with E-state index in [1.807, 2.05) is 24.3 Å². The number of carbonyl (C=O) groups excluding carboxylic acids is 1. The molecule has 1 aliphatic rings. The molecule has 1 fully saturated rings. The van der Waals surface area contributed by atoms with E-state index in [-0.39, 0.29) is 5.91 Å². The molecule has 2 unspecified atom stereocenters. The van der Waals surface area contributed by atoms with Gasteiger partial charge in [0.1, 0.15) is 0 Å². The van der Waals surface area contributed by atoms with Crippen LogP contribution in [0.3, 0.4) is 0 Å². The third kappa shape index (κ3) is 4.30. The zero-order valence-electron chi connectivity index (χ0n) is 11.7. The van der Waals surface area contributed by atoms with Gasteiger partial charge in [0.05, 0.1) is 18.3 Å². The van der Waals surface area contributed by atoms with Crippen LogP contribution < -0.4 is 10.6 Å². The van der Waals surface area contributed by atoms with Crippen LogP contribution in [0.4, 0.5) is 5.69 Å². The molecule has 2 N–H and O–H groups in total. The van der Waals surface area contributed by atoms with E-state index in [1.165, 1.54) is 0 Å². The Morgan fingerprint density at radius 1 is 1.45 bits per heavy atom. The molecule has 0 aromatic heterocycles. The highest BCUT2D eigenvalue weighted by atomic mass is 79.9. The van der Waals surface area contributed by atoms with E-state index in [1.54, 1.807) is 0 Å². The van der Waals surface area contributed by atoms with Crippen molar-refractivity contribution >= 4 is 27.5 Å². The number of anilines is 1. The number of benzene rings is 1. The van der Waals surface area contributed by atoms with Crippen molar-refractivity contribution in [3.63, 3.8) is 0 Å². The van der Waals surface area contributed by atoms with E-state index in [0.29, 0.717) is 18.6 Å². The summed E-state index contributed by atoms with van der Waals surface area (Å²) in [6, 6.07) is 7.60. The smallest absolute Gasteiger partial charge is 0.238 e. The number of hydrogen-bond acceptors (Lipinski definition) is 3. The topological polar surface area (TPSA) is 50.4 Å². The highest BCUT2D eigenvalue weighted by molar-refractivity contribution is 9.10. The Labute approximate surface area is 128 Å². The highest BCUT2D eigenvalue weighted by Crippen LogP contribution is 2.22. The fraction of sp³-hybridized carbons (Fsp3) is 0.533. The zero-order chi connectivity index (χ0) is 14.4. The predicted octanol–water partition coefficient (Wildman–Crippen LogP) is 2.79. The van der Waals surface area contributed by atoms with Crippen LogP contribution in [0.1, 0.15) is 19.8 Å². The van der Waals surface area contributed by atoms with Crippen LogP contribution in [-0.2, 0) is 9.53 Å². The molecule has 1 aromatic carbocycles. The van der Waals surface area contributed by atoms with Crippen molar-refractivity contribution in [2.45, 2.75) is 25.9 Å². The van der Waals surface area contributed by atoms with Crippen molar-refractivity contribution in [3.05, 3.63) is 28.7 Å². The number of rotatable bonds is 6. The SMILES string of the molecule is CCC1OCCC1CNCC(=O)Nc1ccccc1Br. The van der Waals surface area contributed by atoms with Crippen LogP contribution in [0.25, 0.3) is 0 Å². The van der Waals surface area contributed by atoms with Gasteiger partial charge < -0.3 is 15.4 Å². The summed E-state index contributed by atoms with van der Waals surface area (Å²) in [6.07, 6.45) is 2.46. The predicted molar refractivity (Wildman–Crippen MR) is 83.8 cm³/mol. The summed E-state index contributed by atoms with van der Waals surface area (Å²) in [5.41, 5.74) is 0.801. The summed E-state index contributed by atoms with van der Waals surface area (Å²) in [7, 11) is 0. The van der Waals surface area contributed by atoms with Crippen molar-refractivity contribution in [2.24, 2.45) is 5.92 Å². The second kappa shape index (κ2) is 7.76. The lowest BCUT2D eigenvalue weighted by Crippen LogP contribution is -2.34. The Kier molecular flexibility index (Phi) is 6.01. The van der Waals surface area contributed by atoms with Gasteiger partial charge in [0.15, 0.2) is 0 Å². The summed E-state index contributed by atoms with van der Waals surface area (Å²) in [6.45, 7) is 4.15. The molecule has 0 spiro atoms. The molecule has 4 nitrogen and oxygen atoms in total. The van der Waals surface area contributed by atoms with Gasteiger partial charge in [0.2, 0.25) is 5.91 Å². The summed E-state index contributed by atoms with van der Waals surface area (Å²) >= 11 is 3.41. The minimum Gasteiger partial charge on any atom is -0.378 e. The summed E-state index contributed by atoms with van der Waals surface area (Å²) in [5, 5.41) is 6.10. The van der Waals surface area contributed by atoms with E-state index in [9.17, 15) is 4.79 Å². The van der Waals surface area contributed by atoms with Crippen LogP contribution in [0.5, 0.6) is 0 Å². The number of hydrogen-bond donors (Lipinski definition) is 2. The van der Waals surface area contributed by atoms with Gasteiger partial charge in [-0.15, -0.1) is 0 Å². The lowest BCUT2D eigenvalue weighted by molar-refractivity contribution is -0.115. The highest BCUT2D eigenvalue weighted by Gasteiger charge is 2.26. The monoisotopic (exact) mass is 340 g/mol. The number of amides is 1. The average Bonchev–Trinajstić information content (AvgIpc) is 2.89. The second-order valence-electron chi connectivity index (χ2n) is 5.03. The maximum Gasteiger partial charge on any atom is 0.238 e. The van der Waals surface area contributed by atoms with Gasteiger partial charge >= 0.3 is 0 Å². The van der Waals surface area contributed by atoms with E-state index in [4.69, 9.17) is 4.74 Å². The Morgan fingerprint density at radius 3 is 3.00 bits per heavy atom. The molecule has 5 heteroatoms. The molecule has 2 atom stereocenters. The Morgan fingerprint density at radius 2 is 2.25 bits per heavy atom. The van der Waals surface area contributed by atoms with Crippen molar-refractivity contribution in [1.29, 1.82) is 0 Å². The Balaban J connectivity index is 1.72. The molecule has 110 valence electrons. The molecule has 20 heavy (non-hydrogen) atoms. The molecular formula is C15H21BrN2O2. The normalized spacial score (nSPS) is 21.9. The molecule has 1 aromatic rings. The maximum atomic E-state index is 11.9. The van der Waals surface area contributed by atoms with Gasteiger partial charge in [0, 0.05) is 17.6 Å². The largest absolute Gasteiger partial charge is 0.378 e. The van der Waals surface area contributed by atoms with Crippen molar-refractivity contribution < 1.29 is 9.53 Å². The number of halogens is 1.